The topological polar surface area (TPSA) is 91.9 Å². The van der Waals surface area contributed by atoms with Crippen molar-refractivity contribution in [2.75, 3.05) is 0 Å². The Morgan fingerprint density at radius 1 is 1.33 bits per heavy atom. The molecule has 0 saturated carbocycles. The Morgan fingerprint density at radius 2 is 2.11 bits per heavy atom. The fraction of sp³-hybridized carbons (Fsp3) is 0.385. The van der Waals surface area contributed by atoms with Crippen LogP contribution in [0.5, 0.6) is 0 Å². The van der Waals surface area contributed by atoms with E-state index in [4.69, 9.17) is 11.1 Å². The summed E-state index contributed by atoms with van der Waals surface area (Å²) in [7, 11) is 0. The largest absolute Gasteiger partial charge is 0.370 e. The quantitative estimate of drug-likeness (QED) is 0.411. The lowest BCUT2D eigenvalue weighted by Crippen LogP contribution is -2.36. The molecule has 0 aliphatic heterocycles. The minimum absolute atomic E-state index is 0.356. The summed E-state index contributed by atoms with van der Waals surface area (Å²) in [5.41, 5.74) is 8.09. The van der Waals surface area contributed by atoms with Crippen molar-refractivity contribution in [2.24, 2.45) is 5.73 Å². The second kappa shape index (κ2) is 5.62. The third kappa shape index (κ3) is 3.29. The molecule has 0 atom stereocenters. The summed E-state index contributed by atoms with van der Waals surface area (Å²) in [5.74, 6) is -0.769. The van der Waals surface area contributed by atoms with Gasteiger partial charge in [-0.2, -0.15) is 0 Å². The van der Waals surface area contributed by atoms with Gasteiger partial charge in [0.1, 0.15) is 0 Å². The fourth-order valence-electron chi connectivity index (χ4n) is 2.16. The standard InChI is InChI=1S/C13H17N4O/c14-13(15)17-12(18)8-10-7-6-9-4-2-1-3-5-11(9)16-10/h6-8H,1-5H2,(H4,14,15,17,18). The molecule has 1 amide bonds. The van der Waals surface area contributed by atoms with Crippen molar-refractivity contribution in [1.29, 1.82) is 5.41 Å². The summed E-state index contributed by atoms with van der Waals surface area (Å²) in [6, 6.07) is 3.88. The molecule has 0 fully saturated rings. The third-order valence-electron chi connectivity index (χ3n) is 2.99. The SMILES string of the molecule is N=C(N)NC(=O)[CH]c1ccc2c(n1)CCCCC2. The Balaban J connectivity index is 2.08. The number of carbonyl (C=O) groups is 1. The van der Waals surface area contributed by atoms with Crippen molar-refractivity contribution < 1.29 is 4.79 Å². The number of hydrogen-bond donors (Lipinski definition) is 3. The molecule has 2 rings (SSSR count). The van der Waals surface area contributed by atoms with Crippen LogP contribution in [0.4, 0.5) is 0 Å². The van der Waals surface area contributed by atoms with Gasteiger partial charge in [0.15, 0.2) is 5.96 Å². The number of rotatable bonds is 2. The van der Waals surface area contributed by atoms with Gasteiger partial charge in [0.05, 0.1) is 12.1 Å². The van der Waals surface area contributed by atoms with Gasteiger partial charge >= 0.3 is 0 Å². The van der Waals surface area contributed by atoms with Crippen LogP contribution in [0.2, 0.25) is 0 Å². The van der Waals surface area contributed by atoms with E-state index >= 15 is 0 Å². The molecule has 0 aromatic carbocycles. The maximum absolute atomic E-state index is 11.4. The van der Waals surface area contributed by atoms with Crippen LogP contribution in [0.25, 0.3) is 0 Å². The number of pyridine rings is 1. The first-order chi connectivity index (χ1) is 8.65. The summed E-state index contributed by atoms with van der Waals surface area (Å²) < 4.78 is 0. The highest BCUT2D eigenvalue weighted by molar-refractivity contribution is 6.00. The molecule has 1 aromatic rings. The van der Waals surface area contributed by atoms with Gasteiger partial charge in [-0.05, 0) is 37.3 Å². The first kappa shape index (κ1) is 12.5. The van der Waals surface area contributed by atoms with E-state index in [9.17, 15) is 4.79 Å². The highest BCUT2D eigenvalue weighted by Crippen LogP contribution is 2.19. The lowest BCUT2D eigenvalue weighted by molar-refractivity contribution is -0.116. The first-order valence-corrected chi connectivity index (χ1v) is 6.14. The van der Waals surface area contributed by atoms with Crippen molar-refractivity contribution in [3.63, 3.8) is 0 Å². The van der Waals surface area contributed by atoms with Crippen LogP contribution in [-0.2, 0) is 17.6 Å². The minimum Gasteiger partial charge on any atom is -0.370 e. The summed E-state index contributed by atoms with van der Waals surface area (Å²) in [6.45, 7) is 0. The molecule has 1 heterocycles. The molecule has 1 aromatic heterocycles. The van der Waals surface area contributed by atoms with Gasteiger partial charge in [-0.3, -0.25) is 20.5 Å². The lowest BCUT2D eigenvalue weighted by Gasteiger charge is -2.07. The monoisotopic (exact) mass is 245 g/mol. The van der Waals surface area contributed by atoms with Gasteiger partial charge in [-0.1, -0.05) is 12.5 Å². The number of nitrogens with two attached hydrogens (primary N) is 1. The summed E-state index contributed by atoms with van der Waals surface area (Å²) in [5, 5.41) is 9.19. The summed E-state index contributed by atoms with van der Waals surface area (Å²) in [6.07, 6.45) is 7.02. The zero-order valence-electron chi connectivity index (χ0n) is 10.2. The number of hydrogen-bond acceptors (Lipinski definition) is 3. The molecule has 0 unspecified atom stereocenters. The van der Waals surface area contributed by atoms with Crippen LogP contribution in [-0.4, -0.2) is 16.9 Å². The summed E-state index contributed by atoms with van der Waals surface area (Å²) in [4.78, 5) is 15.9. The normalized spacial score (nSPS) is 14.4. The molecule has 0 spiro atoms. The highest BCUT2D eigenvalue weighted by atomic mass is 16.1. The minimum atomic E-state index is -0.413. The van der Waals surface area contributed by atoms with Gasteiger partial charge in [0.25, 0.3) is 0 Å². The van der Waals surface area contributed by atoms with Gasteiger partial charge in [0.2, 0.25) is 5.91 Å². The predicted octanol–water partition coefficient (Wildman–Crippen LogP) is 0.913. The molecule has 18 heavy (non-hydrogen) atoms. The van der Waals surface area contributed by atoms with E-state index in [0.717, 1.165) is 25.0 Å². The number of nitrogens with zero attached hydrogens (tertiary/aromatic N) is 1. The van der Waals surface area contributed by atoms with Gasteiger partial charge < -0.3 is 5.73 Å². The zero-order valence-corrected chi connectivity index (χ0v) is 10.2. The number of amides is 1. The van der Waals surface area contributed by atoms with Gasteiger partial charge in [-0.15, -0.1) is 0 Å². The molecule has 5 heteroatoms. The Labute approximate surface area is 106 Å². The molecule has 1 radical (unpaired) electrons. The van der Waals surface area contributed by atoms with Crippen molar-refractivity contribution in [3.05, 3.63) is 35.5 Å². The van der Waals surface area contributed by atoms with E-state index in [2.05, 4.69) is 10.3 Å². The summed E-state index contributed by atoms with van der Waals surface area (Å²) >= 11 is 0. The van der Waals surface area contributed by atoms with E-state index in [1.165, 1.54) is 24.8 Å². The predicted molar refractivity (Wildman–Crippen MR) is 69.0 cm³/mol. The van der Waals surface area contributed by atoms with E-state index in [-0.39, 0.29) is 5.96 Å². The number of guanidine groups is 1. The number of aromatic nitrogens is 1. The first-order valence-electron chi connectivity index (χ1n) is 6.14. The van der Waals surface area contributed by atoms with Crippen molar-refractivity contribution >= 4 is 11.9 Å². The number of fused-ring (bicyclic) bond motifs is 1. The second-order valence-corrected chi connectivity index (χ2v) is 4.45. The van der Waals surface area contributed by atoms with Crippen LogP contribution >= 0.6 is 0 Å². The number of carbonyl (C=O) groups excluding carboxylic acids is 1. The molecule has 0 bridgehead atoms. The Hall–Kier alpha value is -1.91. The molecule has 1 aliphatic carbocycles. The Bertz CT molecular complexity index is 470. The zero-order chi connectivity index (χ0) is 13.0. The molecular formula is C13H17N4O. The van der Waals surface area contributed by atoms with Crippen LogP contribution in [0.3, 0.4) is 0 Å². The average Bonchev–Trinajstić information content (AvgIpc) is 2.52. The van der Waals surface area contributed by atoms with Crippen molar-refractivity contribution in [2.45, 2.75) is 32.1 Å². The van der Waals surface area contributed by atoms with Gasteiger partial charge in [-0.25, -0.2) is 0 Å². The smallest absolute Gasteiger partial charge is 0.237 e. The van der Waals surface area contributed by atoms with Crippen LogP contribution < -0.4 is 11.1 Å². The maximum Gasteiger partial charge on any atom is 0.237 e. The van der Waals surface area contributed by atoms with Crippen molar-refractivity contribution in [1.82, 2.24) is 10.3 Å². The third-order valence-corrected chi connectivity index (χ3v) is 2.99. The van der Waals surface area contributed by atoms with E-state index in [1.807, 2.05) is 12.1 Å². The number of aryl methyl sites for hydroxylation is 2. The lowest BCUT2D eigenvalue weighted by atomic mass is 10.1. The van der Waals surface area contributed by atoms with E-state index in [0.29, 0.717) is 5.69 Å². The number of nitrogens with one attached hydrogen (secondary N) is 2. The molecular weight excluding hydrogens is 228 g/mol. The highest BCUT2D eigenvalue weighted by Gasteiger charge is 2.12. The van der Waals surface area contributed by atoms with Crippen LogP contribution in [0.1, 0.15) is 36.2 Å². The van der Waals surface area contributed by atoms with Crippen LogP contribution in [0, 0.1) is 11.8 Å². The molecule has 95 valence electrons. The van der Waals surface area contributed by atoms with E-state index < -0.39 is 5.91 Å². The Morgan fingerprint density at radius 3 is 2.89 bits per heavy atom. The Kier molecular flexibility index (Phi) is 3.92. The second-order valence-electron chi connectivity index (χ2n) is 4.45. The average molecular weight is 245 g/mol. The van der Waals surface area contributed by atoms with Crippen molar-refractivity contribution in [3.8, 4) is 0 Å². The maximum atomic E-state index is 11.4. The molecule has 4 N–H and O–H groups in total. The fourth-order valence-corrected chi connectivity index (χ4v) is 2.16. The van der Waals surface area contributed by atoms with Gasteiger partial charge in [0, 0.05) is 5.69 Å². The van der Waals surface area contributed by atoms with Crippen LogP contribution in [0.15, 0.2) is 12.1 Å². The molecule has 5 nitrogen and oxygen atoms in total. The molecule has 0 saturated heterocycles. The molecule has 1 aliphatic rings. The van der Waals surface area contributed by atoms with E-state index in [1.54, 1.807) is 0 Å².